The zero-order chi connectivity index (χ0) is 29.6. The van der Waals surface area contributed by atoms with Crippen LogP contribution < -0.4 is 38.9 Å². The van der Waals surface area contributed by atoms with Crippen LogP contribution in [0, 0.1) is 0 Å². The topological polar surface area (TPSA) is 123 Å². The summed E-state index contributed by atoms with van der Waals surface area (Å²) in [5, 5.41) is 0. The van der Waals surface area contributed by atoms with Crippen LogP contribution in [0.5, 0.6) is 46.0 Å². The summed E-state index contributed by atoms with van der Waals surface area (Å²) >= 11 is 0. The highest BCUT2D eigenvalue weighted by molar-refractivity contribution is 6.03. The van der Waals surface area contributed by atoms with Crippen molar-refractivity contribution in [1.29, 1.82) is 0 Å². The Labute approximate surface area is 244 Å². The fraction of sp³-hybridized carbons (Fsp3) is 0.355. The Bertz CT molecular complexity index is 1450. The maximum Gasteiger partial charge on any atom is 0.256 e. The minimum atomic E-state index is -0.0256. The highest BCUT2D eigenvalue weighted by atomic mass is 16.5. The first-order valence-electron chi connectivity index (χ1n) is 13.7. The Kier molecular flexibility index (Phi) is 8.75. The van der Waals surface area contributed by atoms with Crippen LogP contribution in [-0.4, -0.2) is 71.3 Å². The third-order valence-corrected chi connectivity index (χ3v) is 7.12. The van der Waals surface area contributed by atoms with Gasteiger partial charge in [-0.3, -0.25) is 9.79 Å². The largest absolute Gasteiger partial charge is 0.493 e. The predicted molar refractivity (Wildman–Crippen MR) is 158 cm³/mol. The summed E-state index contributed by atoms with van der Waals surface area (Å²) in [7, 11) is 6.17. The van der Waals surface area contributed by atoms with Gasteiger partial charge in [0.25, 0.3) is 5.91 Å². The fourth-order valence-electron chi connectivity index (χ4n) is 5.00. The molecule has 42 heavy (non-hydrogen) atoms. The number of anilines is 1. The lowest BCUT2D eigenvalue weighted by Crippen LogP contribution is -2.35. The number of carbonyl (C=O) groups is 1. The number of nitrogens with two attached hydrogens (primary N) is 1. The number of rotatable bonds is 12. The molecule has 2 heterocycles. The van der Waals surface area contributed by atoms with E-state index in [1.165, 1.54) is 21.3 Å². The van der Waals surface area contributed by atoms with E-state index in [0.717, 1.165) is 19.4 Å². The second kappa shape index (κ2) is 12.8. The summed E-state index contributed by atoms with van der Waals surface area (Å²) in [5.74, 6) is 3.94. The summed E-state index contributed by atoms with van der Waals surface area (Å²) in [6.45, 7) is 1.51. The van der Waals surface area contributed by atoms with Gasteiger partial charge >= 0.3 is 0 Å². The monoisotopic (exact) mass is 577 g/mol. The highest BCUT2D eigenvalue weighted by Gasteiger charge is 2.32. The lowest BCUT2D eigenvalue weighted by Gasteiger charge is -2.20. The van der Waals surface area contributed by atoms with E-state index < -0.39 is 0 Å². The lowest BCUT2D eigenvalue weighted by molar-refractivity contribution is 0.0774. The average molecular weight is 578 g/mol. The molecule has 2 aliphatic heterocycles. The molecule has 0 saturated carbocycles. The van der Waals surface area contributed by atoms with Gasteiger partial charge in [-0.1, -0.05) is 0 Å². The minimum Gasteiger partial charge on any atom is -0.493 e. The Balaban J connectivity index is 1.16. The second-order valence-electron chi connectivity index (χ2n) is 9.72. The SMILES string of the molecule is COc1cc2c(cc1OCCCOc1ccc(Oc3cc(OC)c(OC)c(OC)c3)c(N)c1)N=C[C@@H]1CCCN1C2=O. The molecule has 1 fully saturated rings. The molecule has 0 aliphatic carbocycles. The van der Waals surface area contributed by atoms with E-state index in [1.54, 1.807) is 49.6 Å². The zero-order valence-corrected chi connectivity index (χ0v) is 24.2. The number of benzene rings is 3. The van der Waals surface area contributed by atoms with Gasteiger partial charge in [-0.25, -0.2) is 0 Å². The van der Waals surface area contributed by atoms with Crippen molar-refractivity contribution in [3.8, 4) is 46.0 Å². The van der Waals surface area contributed by atoms with Crippen molar-refractivity contribution >= 4 is 23.5 Å². The van der Waals surface area contributed by atoms with Gasteiger partial charge in [0.05, 0.1) is 64.6 Å². The van der Waals surface area contributed by atoms with Crippen molar-refractivity contribution in [3.63, 3.8) is 0 Å². The standard InChI is InChI=1S/C31H35N3O8/c1-36-26-16-22-24(33-18-19-7-5-10-34(19)31(22)35)17-27(26)41-12-6-11-40-20-8-9-25(23(32)13-20)42-21-14-28(37-2)30(39-4)29(15-21)38-3/h8-9,13-19H,5-7,10-12,32H2,1-4H3/t19-/m0/s1. The van der Waals surface area contributed by atoms with E-state index in [-0.39, 0.29) is 11.9 Å². The second-order valence-corrected chi connectivity index (χ2v) is 9.72. The van der Waals surface area contributed by atoms with Crippen molar-refractivity contribution in [2.75, 3.05) is 53.9 Å². The molecule has 0 aromatic heterocycles. The van der Waals surface area contributed by atoms with Gasteiger partial charge in [-0.15, -0.1) is 0 Å². The molecule has 0 spiro atoms. The summed E-state index contributed by atoms with van der Waals surface area (Å²) in [6, 6.07) is 12.1. The van der Waals surface area contributed by atoms with Gasteiger partial charge in [-0.2, -0.15) is 0 Å². The normalized spacial score (nSPS) is 15.4. The number of amides is 1. The zero-order valence-electron chi connectivity index (χ0n) is 24.2. The van der Waals surface area contributed by atoms with Crippen LogP contribution in [0.25, 0.3) is 0 Å². The number of nitrogens with zero attached hydrogens (tertiary/aromatic N) is 2. The van der Waals surface area contributed by atoms with Gasteiger partial charge in [0, 0.05) is 43.4 Å². The summed E-state index contributed by atoms with van der Waals surface area (Å²) in [5.41, 5.74) is 7.76. The summed E-state index contributed by atoms with van der Waals surface area (Å²) < 4.78 is 39.5. The Morgan fingerprint density at radius 2 is 1.57 bits per heavy atom. The van der Waals surface area contributed by atoms with Crippen molar-refractivity contribution in [2.45, 2.75) is 25.3 Å². The molecule has 3 aromatic carbocycles. The van der Waals surface area contributed by atoms with Crippen LogP contribution in [0.3, 0.4) is 0 Å². The maximum atomic E-state index is 13.0. The van der Waals surface area contributed by atoms with Gasteiger partial charge in [0.1, 0.15) is 11.5 Å². The molecule has 1 amide bonds. The molecule has 0 bridgehead atoms. The van der Waals surface area contributed by atoms with Gasteiger partial charge in [-0.05, 0) is 31.0 Å². The van der Waals surface area contributed by atoms with E-state index in [2.05, 4.69) is 4.99 Å². The summed E-state index contributed by atoms with van der Waals surface area (Å²) in [4.78, 5) is 19.5. The molecule has 222 valence electrons. The Morgan fingerprint density at radius 1 is 0.833 bits per heavy atom. The Morgan fingerprint density at radius 3 is 2.26 bits per heavy atom. The molecule has 2 aliphatic rings. The van der Waals surface area contributed by atoms with E-state index in [0.29, 0.717) is 82.6 Å². The minimum absolute atomic E-state index is 0.0256. The average Bonchev–Trinajstić information content (AvgIpc) is 3.44. The van der Waals surface area contributed by atoms with Crippen LogP contribution in [-0.2, 0) is 0 Å². The number of aliphatic imine (C=N–C) groups is 1. The van der Waals surface area contributed by atoms with Crippen LogP contribution in [0.4, 0.5) is 11.4 Å². The number of carbonyl (C=O) groups excluding carboxylic acids is 1. The van der Waals surface area contributed by atoms with Gasteiger partial charge < -0.3 is 43.8 Å². The molecule has 11 nitrogen and oxygen atoms in total. The number of fused-ring (bicyclic) bond motifs is 2. The van der Waals surface area contributed by atoms with Crippen LogP contribution in [0.15, 0.2) is 47.5 Å². The molecular weight excluding hydrogens is 542 g/mol. The molecule has 2 N–H and O–H groups in total. The predicted octanol–water partition coefficient (Wildman–Crippen LogP) is 5.26. The summed E-state index contributed by atoms with van der Waals surface area (Å²) in [6.07, 6.45) is 4.37. The molecule has 0 unspecified atom stereocenters. The molecule has 5 rings (SSSR count). The van der Waals surface area contributed by atoms with E-state index in [1.807, 2.05) is 11.1 Å². The number of methoxy groups -OCH3 is 4. The third-order valence-electron chi connectivity index (χ3n) is 7.12. The van der Waals surface area contributed by atoms with E-state index >= 15 is 0 Å². The van der Waals surface area contributed by atoms with Gasteiger partial charge in [0.2, 0.25) is 5.75 Å². The maximum absolute atomic E-state index is 13.0. The lowest BCUT2D eigenvalue weighted by atomic mass is 10.1. The first kappa shape index (κ1) is 28.7. The smallest absolute Gasteiger partial charge is 0.256 e. The Hall–Kier alpha value is -4.80. The molecule has 1 atom stereocenters. The van der Waals surface area contributed by atoms with Crippen LogP contribution in [0.1, 0.15) is 29.6 Å². The number of hydrogen-bond donors (Lipinski definition) is 1. The number of nitrogen functional groups attached to an aromatic ring is 1. The highest BCUT2D eigenvalue weighted by Crippen LogP contribution is 2.43. The van der Waals surface area contributed by atoms with Crippen molar-refractivity contribution in [2.24, 2.45) is 4.99 Å². The molecule has 3 aromatic rings. The number of ether oxygens (including phenoxy) is 7. The molecule has 0 radical (unpaired) electrons. The molecule has 1 saturated heterocycles. The van der Waals surface area contributed by atoms with Crippen molar-refractivity contribution in [3.05, 3.63) is 48.0 Å². The molecular formula is C31H35N3O8. The fourth-order valence-corrected chi connectivity index (χ4v) is 5.00. The van der Waals surface area contributed by atoms with Crippen LogP contribution in [0.2, 0.25) is 0 Å². The van der Waals surface area contributed by atoms with Crippen molar-refractivity contribution in [1.82, 2.24) is 4.90 Å². The quantitative estimate of drug-likeness (QED) is 0.227. The number of hydrogen-bond acceptors (Lipinski definition) is 10. The first-order chi connectivity index (χ1) is 20.4. The van der Waals surface area contributed by atoms with Crippen LogP contribution >= 0.6 is 0 Å². The van der Waals surface area contributed by atoms with Crippen molar-refractivity contribution < 1.29 is 38.0 Å². The van der Waals surface area contributed by atoms with E-state index in [9.17, 15) is 4.79 Å². The van der Waals surface area contributed by atoms with Gasteiger partial charge in [0.15, 0.2) is 28.7 Å². The third kappa shape index (κ3) is 5.95. The van der Waals surface area contributed by atoms with E-state index in [4.69, 9.17) is 38.9 Å². The first-order valence-corrected chi connectivity index (χ1v) is 13.7. The molecule has 11 heteroatoms.